The first kappa shape index (κ1) is 12.6. The molecule has 2 aliphatic rings. The zero-order valence-electron chi connectivity index (χ0n) is 10.2. The van der Waals surface area contributed by atoms with Gasteiger partial charge in [-0.1, -0.05) is 0 Å². The number of hydrogen-bond donors (Lipinski definition) is 1. The third-order valence-corrected chi connectivity index (χ3v) is 6.53. The van der Waals surface area contributed by atoms with E-state index in [2.05, 4.69) is 0 Å². The highest BCUT2D eigenvalue weighted by molar-refractivity contribution is 7.89. The summed E-state index contributed by atoms with van der Waals surface area (Å²) < 4.78 is 26.9. The lowest BCUT2D eigenvalue weighted by Gasteiger charge is -2.20. The van der Waals surface area contributed by atoms with Gasteiger partial charge in [0.1, 0.15) is 0 Å². The molecule has 4 nitrogen and oxygen atoms in total. The van der Waals surface area contributed by atoms with Crippen molar-refractivity contribution in [2.45, 2.75) is 43.2 Å². The molecular weight excluding hydrogens is 268 g/mol. The molecule has 0 spiro atoms. The second kappa shape index (κ2) is 4.59. The van der Waals surface area contributed by atoms with Gasteiger partial charge in [0.25, 0.3) is 0 Å². The molecular formula is C12H18N2O2S2. The Bertz CT molecular complexity index is 530. The summed E-state index contributed by atoms with van der Waals surface area (Å²) in [5.74, 6) is 0.591. The summed E-state index contributed by atoms with van der Waals surface area (Å²) in [4.78, 5) is 1.36. The number of nitrogens with two attached hydrogens (primary N) is 1. The van der Waals surface area contributed by atoms with Crippen molar-refractivity contribution in [2.24, 2.45) is 11.7 Å². The van der Waals surface area contributed by atoms with Crippen molar-refractivity contribution >= 4 is 21.4 Å². The average molecular weight is 286 g/mol. The van der Waals surface area contributed by atoms with Crippen LogP contribution in [0.1, 0.15) is 30.6 Å². The molecule has 6 heteroatoms. The molecule has 0 aromatic carbocycles. The van der Waals surface area contributed by atoms with Crippen LogP contribution in [0.4, 0.5) is 0 Å². The number of rotatable bonds is 6. The van der Waals surface area contributed by atoms with E-state index in [1.54, 1.807) is 15.8 Å². The quantitative estimate of drug-likeness (QED) is 0.867. The van der Waals surface area contributed by atoms with Crippen molar-refractivity contribution in [3.05, 3.63) is 16.3 Å². The van der Waals surface area contributed by atoms with E-state index in [1.165, 1.54) is 24.2 Å². The Balaban J connectivity index is 1.85. The second-order valence-corrected chi connectivity index (χ2v) is 8.09. The molecule has 1 aromatic rings. The Morgan fingerprint density at radius 1 is 1.33 bits per heavy atom. The van der Waals surface area contributed by atoms with Crippen molar-refractivity contribution in [2.75, 3.05) is 6.54 Å². The molecule has 0 amide bonds. The van der Waals surface area contributed by atoms with Crippen LogP contribution in [-0.4, -0.2) is 25.3 Å². The minimum Gasteiger partial charge on any atom is -0.326 e. The van der Waals surface area contributed by atoms with Gasteiger partial charge in [0.2, 0.25) is 10.0 Å². The van der Waals surface area contributed by atoms with Gasteiger partial charge in [-0.3, -0.25) is 0 Å². The lowest BCUT2D eigenvalue weighted by Crippen LogP contribution is -2.34. The van der Waals surface area contributed by atoms with E-state index in [0.717, 1.165) is 17.7 Å². The standard InChI is InChI=1S/C12H18N2O2S2/c13-6-11-5-12(8-17-11)18(15,16)14(10-3-4-10)7-9-1-2-9/h5,8-10H,1-4,6-7,13H2. The van der Waals surface area contributed by atoms with E-state index in [1.807, 2.05) is 0 Å². The predicted molar refractivity (Wildman–Crippen MR) is 71.8 cm³/mol. The Kier molecular flexibility index (Phi) is 3.21. The highest BCUT2D eigenvalue weighted by Gasteiger charge is 2.41. The van der Waals surface area contributed by atoms with Crippen LogP contribution in [0.25, 0.3) is 0 Å². The van der Waals surface area contributed by atoms with Crippen LogP contribution in [-0.2, 0) is 16.6 Å². The molecule has 0 saturated heterocycles. The molecule has 2 saturated carbocycles. The maximum Gasteiger partial charge on any atom is 0.244 e. The summed E-state index contributed by atoms with van der Waals surface area (Å²) in [5, 5.41) is 1.72. The molecule has 2 N–H and O–H groups in total. The maximum atomic E-state index is 12.6. The number of nitrogens with zero attached hydrogens (tertiary/aromatic N) is 1. The summed E-state index contributed by atoms with van der Waals surface area (Å²) in [6.07, 6.45) is 4.38. The van der Waals surface area contributed by atoms with Crippen LogP contribution in [0.3, 0.4) is 0 Å². The predicted octanol–water partition coefficient (Wildman–Crippen LogP) is 1.77. The number of hydrogen-bond acceptors (Lipinski definition) is 4. The summed E-state index contributed by atoms with van der Waals surface area (Å²) in [6, 6.07) is 1.97. The van der Waals surface area contributed by atoms with Crippen molar-refractivity contribution in [1.29, 1.82) is 0 Å². The topological polar surface area (TPSA) is 63.4 Å². The fraction of sp³-hybridized carbons (Fsp3) is 0.667. The zero-order chi connectivity index (χ0) is 12.8. The van der Waals surface area contributed by atoms with Crippen LogP contribution in [0.15, 0.2) is 16.3 Å². The largest absolute Gasteiger partial charge is 0.326 e. The average Bonchev–Trinajstić information content (AvgIpc) is 3.24. The van der Waals surface area contributed by atoms with Crippen LogP contribution in [0, 0.1) is 5.92 Å². The SMILES string of the molecule is NCc1cc(S(=O)(=O)N(CC2CC2)C2CC2)cs1. The van der Waals surface area contributed by atoms with E-state index in [9.17, 15) is 8.42 Å². The van der Waals surface area contributed by atoms with E-state index in [-0.39, 0.29) is 6.04 Å². The molecule has 3 rings (SSSR count). The Labute approximate surface area is 112 Å². The third kappa shape index (κ3) is 2.47. The van der Waals surface area contributed by atoms with Gasteiger partial charge in [-0.25, -0.2) is 8.42 Å². The molecule has 18 heavy (non-hydrogen) atoms. The molecule has 0 unspecified atom stereocenters. The summed E-state index contributed by atoms with van der Waals surface area (Å²) in [6.45, 7) is 1.12. The first-order valence-electron chi connectivity index (χ1n) is 6.40. The fourth-order valence-corrected chi connectivity index (χ4v) is 5.00. The van der Waals surface area contributed by atoms with E-state index < -0.39 is 10.0 Å². The van der Waals surface area contributed by atoms with E-state index in [4.69, 9.17) is 5.73 Å². The van der Waals surface area contributed by atoms with Gasteiger partial charge >= 0.3 is 0 Å². The fourth-order valence-electron chi connectivity index (χ4n) is 2.10. The Morgan fingerprint density at radius 2 is 2.06 bits per heavy atom. The number of thiophene rings is 1. The van der Waals surface area contributed by atoms with Gasteiger partial charge in [0.05, 0.1) is 4.90 Å². The molecule has 1 heterocycles. The number of sulfonamides is 1. The molecule has 0 bridgehead atoms. The van der Waals surface area contributed by atoms with E-state index >= 15 is 0 Å². The molecule has 2 aliphatic carbocycles. The normalized spacial score (nSPS) is 20.6. The minimum absolute atomic E-state index is 0.247. The van der Waals surface area contributed by atoms with Gasteiger partial charge in [-0.05, 0) is 37.7 Å². The molecule has 0 atom stereocenters. The molecule has 1 aromatic heterocycles. The van der Waals surface area contributed by atoms with Crippen molar-refractivity contribution < 1.29 is 8.42 Å². The summed E-state index contributed by atoms with van der Waals surface area (Å²) >= 11 is 1.43. The monoisotopic (exact) mass is 286 g/mol. The molecule has 0 radical (unpaired) electrons. The molecule has 100 valence electrons. The first-order chi connectivity index (χ1) is 8.61. The first-order valence-corrected chi connectivity index (χ1v) is 8.72. The smallest absolute Gasteiger partial charge is 0.244 e. The second-order valence-electron chi connectivity index (χ2n) is 5.20. The van der Waals surface area contributed by atoms with Gasteiger partial charge in [0.15, 0.2) is 0 Å². The van der Waals surface area contributed by atoms with Crippen molar-refractivity contribution in [3.8, 4) is 0 Å². The minimum atomic E-state index is -3.29. The summed E-state index contributed by atoms with van der Waals surface area (Å²) in [5.41, 5.74) is 5.55. The van der Waals surface area contributed by atoms with Crippen LogP contribution in [0.5, 0.6) is 0 Å². The van der Waals surface area contributed by atoms with Gasteiger partial charge in [-0.15, -0.1) is 11.3 Å². The Hall–Kier alpha value is -0.430. The lowest BCUT2D eigenvalue weighted by atomic mass is 10.4. The third-order valence-electron chi connectivity index (χ3n) is 3.53. The van der Waals surface area contributed by atoms with Gasteiger partial charge in [-0.2, -0.15) is 4.31 Å². The van der Waals surface area contributed by atoms with Crippen molar-refractivity contribution in [1.82, 2.24) is 4.31 Å². The van der Waals surface area contributed by atoms with Crippen molar-refractivity contribution in [3.63, 3.8) is 0 Å². The maximum absolute atomic E-state index is 12.6. The van der Waals surface area contributed by atoms with Crippen LogP contribution < -0.4 is 5.73 Å². The van der Waals surface area contributed by atoms with Crippen LogP contribution >= 0.6 is 11.3 Å². The lowest BCUT2D eigenvalue weighted by molar-refractivity contribution is 0.389. The zero-order valence-corrected chi connectivity index (χ0v) is 11.8. The molecule has 0 aliphatic heterocycles. The Morgan fingerprint density at radius 3 is 2.56 bits per heavy atom. The van der Waals surface area contributed by atoms with Gasteiger partial charge in [0, 0.05) is 29.4 Å². The van der Waals surface area contributed by atoms with E-state index in [0.29, 0.717) is 23.9 Å². The van der Waals surface area contributed by atoms with Gasteiger partial charge < -0.3 is 5.73 Å². The highest BCUT2D eigenvalue weighted by Crippen LogP contribution is 2.38. The molecule has 2 fully saturated rings. The highest BCUT2D eigenvalue weighted by atomic mass is 32.2. The van der Waals surface area contributed by atoms with Crippen LogP contribution in [0.2, 0.25) is 0 Å². The summed E-state index contributed by atoms with van der Waals surface area (Å²) in [7, 11) is -3.29.